The summed E-state index contributed by atoms with van der Waals surface area (Å²) in [5.41, 5.74) is 2.46. The first kappa shape index (κ1) is 15.9. The smallest absolute Gasteiger partial charge is 0.257 e. The largest absolute Gasteiger partial charge is 0.497 e. The molecule has 0 bridgehead atoms. The maximum absolute atomic E-state index is 12.2. The van der Waals surface area contributed by atoms with Crippen molar-refractivity contribution < 1.29 is 9.53 Å². The van der Waals surface area contributed by atoms with Gasteiger partial charge in [-0.25, -0.2) is 4.98 Å². The lowest BCUT2D eigenvalue weighted by atomic mass is 10.2. The maximum Gasteiger partial charge on any atom is 0.257 e. The average molecular weight is 436 g/mol. The van der Waals surface area contributed by atoms with Crippen LogP contribution in [0.4, 0.5) is 5.13 Å². The summed E-state index contributed by atoms with van der Waals surface area (Å²) in [6, 6.07) is 15.1. The number of halogens is 1. The second-order valence-corrected chi connectivity index (χ2v) is 6.83. The molecule has 1 aromatic heterocycles. The van der Waals surface area contributed by atoms with E-state index in [2.05, 4.69) is 32.9 Å². The fourth-order valence-corrected chi connectivity index (χ4v) is 3.07. The van der Waals surface area contributed by atoms with Gasteiger partial charge in [0.2, 0.25) is 0 Å². The summed E-state index contributed by atoms with van der Waals surface area (Å²) in [5, 5.41) is 5.34. The van der Waals surface area contributed by atoms with E-state index in [9.17, 15) is 4.79 Å². The summed E-state index contributed by atoms with van der Waals surface area (Å²) in [7, 11) is 1.59. The molecule has 6 heteroatoms. The number of nitrogens with zero attached hydrogens (tertiary/aromatic N) is 1. The molecule has 0 unspecified atom stereocenters. The van der Waals surface area contributed by atoms with Gasteiger partial charge in [0.1, 0.15) is 5.75 Å². The first-order valence-corrected chi connectivity index (χ1v) is 8.78. The zero-order chi connectivity index (χ0) is 16.2. The van der Waals surface area contributed by atoms with Crippen LogP contribution in [-0.2, 0) is 0 Å². The molecule has 1 heterocycles. The zero-order valence-corrected chi connectivity index (χ0v) is 15.2. The van der Waals surface area contributed by atoms with Crippen molar-refractivity contribution in [2.45, 2.75) is 0 Å². The van der Waals surface area contributed by atoms with Crippen LogP contribution < -0.4 is 10.1 Å². The fraction of sp³-hybridized carbons (Fsp3) is 0.0588. The number of carbonyl (C=O) groups is 1. The molecule has 0 fully saturated rings. The highest BCUT2D eigenvalue weighted by atomic mass is 127. The van der Waals surface area contributed by atoms with Gasteiger partial charge in [-0.1, -0.05) is 12.1 Å². The number of rotatable bonds is 4. The fourth-order valence-electron chi connectivity index (χ4n) is 2.00. The minimum atomic E-state index is -0.184. The van der Waals surface area contributed by atoms with Crippen molar-refractivity contribution in [1.82, 2.24) is 4.98 Å². The van der Waals surface area contributed by atoms with Gasteiger partial charge in [-0.05, 0) is 59.0 Å². The van der Waals surface area contributed by atoms with Crippen LogP contribution >= 0.6 is 33.9 Å². The first-order valence-electron chi connectivity index (χ1n) is 6.82. The van der Waals surface area contributed by atoms with Crippen molar-refractivity contribution in [2.24, 2.45) is 0 Å². The van der Waals surface area contributed by atoms with E-state index in [0.717, 1.165) is 17.0 Å². The van der Waals surface area contributed by atoms with E-state index >= 15 is 0 Å². The molecule has 0 aliphatic carbocycles. The Hall–Kier alpha value is -1.93. The number of amides is 1. The molecule has 0 saturated heterocycles. The number of thiazole rings is 1. The van der Waals surface area contributed by atoms with Gasteiger partial charge in [-0.3, -0.25) is 10.1 Å². The standard InChI is InChI=1S/C17H13IN2O2S/c1-22-14-8-4-12(5-9-14)16(21)20-17-19-15(10-23-17)11-2-6-13(18)7-3-11/h2-10H,1H3,(H,19,20,21). The van der Waals surface area contributed by atoms with E-state index in [1.54, 1.807) is 31.4 Å². The van der Waals surface area contributed by atoms with E-state index in [4.69, 9.17) is 4.74 Å². The average Bonchev–Trinajstić information content (AvgIpc) is 3.04. The lowest BCUT2D eigenvalue weighted by molar-refractivity contribution is 0.102. The van der Waals surface area contributed by atoms with Gasteiger partial charge in [-0.15, -0.1) is 11.3 Å². The molecule has 0 aliphatic heterocycles. The highest BCUT2D eigenvalue weighted by Crippen LogP contribution is 2.26. The number of carbonyl (C=O) groups excluding carboxylic acids is 1. The topological polar surface area (TPSA) is 51.2 Å². The number of nitrogens with one attached hydrogen (secondary N) is 1. The Morgan fingerprint density at radius 3 is 2.48 bits per heavy atom. The predicted molar refractivity (Wildman–Crippen MR) is 101 cm³/mol. The number of hydrogen-bond acceptors (Lipinski definition) is 4. The molecule has 0 atom stereocenters. The molecule has 23 heavy (non-hydrogen) atoms. The highest BCUT2D eigenvalue weighted by Gasteiger charge is 2.10. The summed E-state index contributed by atoms with van der Waals surface area (Å²) in [5.74, 6) is 0.535. The van der Waals surface area contributed by atoms with Crippen LogP contribution in [0.1, 0.15) is 10.4 Å². The number of benzene rings is 2. The number of ether oxygens (including phenoxy) is 1. The first-order chi connectivity index (χ1) is 11.2. The molecule has 116 valence electrons. The van der Waals surface area contributed by atoms with Gasteiger partial charge in [0.25, 0.3) is 5.91 Å². The van der Waals surface area contributed by atoms with Crippen molar-refractivity contribution in [1.29, 1.82) is 0 Å². The maximum atomic E-state index is 12.2. The SMILES string of the molecule is COc1ccc(C(=O)Nc2nc(-c3ccc(I)cc3)cs2)cc1. The van der Waals surface area contributed by atoms with Gasteiger partial charge >= 0.3 is 0 Å². The lowest BCUT2D eigenvalue weighted by Gasteiger charge is -2.03. The Balaban J connectivity index is 1.73. The summed E-state index contributed by atoms with van der Waals surface area (Å²) in [6.45, 7) is 0. The van der Waals surface area contributed by atoms with Crippen molar-refractivity contribution >= 4 is 45.0 Å². The molecule has 0 aliphatic rings. The van der Waals surface area contributed by atoms with Crippen molar-refractivity contribution in [3.8, 4) is 17.0 Å². The van der Waals surface area contributed by atoms with Crippen LogP contribution in [0.15, 0.2) is 53.9 Å². The summed E-state index contributed by atoms with van der Waals surface area (Å²) < 4.78 is 6.26. The molecule has 3 aromatic rings. The molecular weight excluding hydrogens is 423 g/mol. The lowest BCUT2D eigenvalue weighted by Crippen LogP contribution is -2.11. The molecule has 1 N–H and O–H groups in total. The quantitative estimate of drug-likeness (QED) is 0.605. The monoisotopic (exact) mass is 436 g/mol. The highest BCUT2D eigenvalue weighted by molar-refractivity contribution is 14.1. The molecule has 3 rings (SSSR count). The number of hydrogen-bond donors (Lipinski definition) is 1. The second kappa shape index (κ2) is 7.10. The number of methoxy groups -OCH3 is 1. The molecule has 0 saturated carbocycles. The minimum Gasteiger partial charge on any atom is -0.497 e. The normalized spacial score (nSPS) is 10.3. The van der Waals surface area contributed by atoms with Crippen LogP contribution in [0.2, 0.25) is 0 Å². The second-order valence-electron chi connectivity index (χ2n) is 4.73. The summed E-state index contributed by atoms with van der Waals surface area (Å²) in [6.07, 6.45) is 0. The van der Waals surface area contributed by atoms with Gasteiger partial charge in [-0.2, -0.15) is 0 Å². The third kappa shape index (κ3) is 3.89. The minimum absolute atomic E-state index is 0.184. The molecule has 0 spiro atoms. The van der Waals surface area contributed by atoms with Gasteiger partial charge in [0.05, 0.1) is 12.8 Å². The Kier molecular flexibility index (Phi) is 4.92. The van der Waals surface area contributed by atoms with Gasteiger partial charge < -0.3 is 4.74 Å². The molecule has 2 aromatic carbocycles. The van der Waals surface area contributed by atoms with Crippen LogP contribution in [0.3, 0.4) is 0 Å². The van der Waals surface area contributed by atoms with Crippen LogP contribution in [0, 0.1) is 3.57 Å². The van der Waals surface area contributed by atoms with Gasteiger partial charge in [0, 0.05) is 20.1 Å². The Morgan fingerprint density at radius 1 is 1.13 bits per heavy atom. The zero-order valence-electron chi connectivity index (χ0n) is 12.2. The van der Waals surface area contributed by atoms with E-state index in [1.165, 1.54) is 14.9 Å². The van der Waals surface area contributed by atoms with E-state index < -0.39 is 0 Å². The van der Waals surface area contributed by atoms with E-state index in [-0.39, 0.29) is 5.91 Å². The van der Waals surface area contributed by atoms with Crippen molar-refractivity contribution in [3.63, 3.8) is 0 Å². The van der Waals surface area contributed by atoms with Crippen LogP contribution in [0.5, 0.6) is 5.75 Å². The van der Waals surface area contributed by atoms with Gasteiger partial charge in [0.15, 0.2) is 5.13 Å². The van der Waals surface area contributed by atoms with E-state index in [1.807, 2.05) is 29.6 Å². The third-order valence-corrected chi connectivity index (χ3v) is 4.69. The summed E-state index contributed by atoms with van der Waals surface area (Å²) in [4.78, 5) is 16.7. The molecular formula is C17H13IN2O2S. The number of aromatic nitrogens is 1. The van der Waals surface area contributed by atoms with Crippen LogP contribution in [-0.4, -0.2) is 18.0 Å². The molecule has 0 radical (unpaired) electrons. The molecule has 1 amide bonds. The third-order valence-electron chi connectivity index (χ3n) is 3.22. The number of anilines is 1. The van der Waals surface area contributed by atoms with Crippen molar-refractivity contribution in [3.05, 3.63) is 63.0 Å². The Morgan fingerprint density at radius 2 is 1.83 bits per heavy atom. The Labute approximate surface area is 151 Å². The predicted octanol–water partition coefficient (Wildman–Crippen LogP) is 4.68. The van der Waals surface area contributed by atoms with Crippen LogP contribution in [0.25, 0.3) is 11.3 Å². The molecule has 4 nitrogen and oxygen atoms in total. The van der Waals surface area contributed by atoms with Crippen molar-refractivity contribution in [2.75, 3.05) is 12.4 Å². The van der Waals surface area contributed by atoms with E-state index in [0.29, 0.717) is 10.7 Å². The Bertz CT molecular complexity index is 813. The summed E-state index contributed by atoms with van der Waals surface area (Å²) >= 11 is 3.67.